The van der Waals surface area contributed by atoms with Gasteiger partial charge in [-0.25, -0.2) is 0 Å². The smallest absolute Gasteiger partial charge is 0.0529 e. The van der Waals surface area contributed by atoms with Gasteiger partial charge in [0.2, 0.25) is 0 Å². The van der Waals surface area contributed by atoms with E-state index in [1.165, 1.54) is 46.1 Å². The van der Waals surface area contributed by atoms with Gasteiger partial charge >= 0.3 is 0 Å². The molecule has 3 aromatic rings. The standard InChI is InChI=1S/C22H22ClN3/c1-14(15-7-9-24-10-8-15)13-26-19-5-3-16(23)11-18(19)22-20-6-4-17(25(20)2)12-21(22)26/h3,5,7-11,13,17,20H,4,6,12H2,1-2H3/b14-13+. The fourth-order valence-electron chi connectivity index (χ4n) is 4.80. The third kappa shape index (κ3) is 2.34. The molecule has 2 bridgehead atoms. The molecule has 0 saturated carbocycles. The summed E-state index contributed by atoms with van der Waals surface area (Å²) in [6, 6.07) is 11.6. The minimum absolute atomic E-state index is 0.514. The maximum atomic E-state index is 6.36. The molecule has 4 heteroatoms. The van der Waals surface area contributed by atoms with Crippen LogP contribution in [0.1, 0.15) is 42.6 Å². The van der Waals surface area contributed by atoms with Gasteiger partial charge in [0, 0.05) is 53.2 Å². The van der Waals surface area contributed by atoms with E-state index < -0.39 is 0 Å². The quantitative estimate of drug-likeness (QED) is 0.607. The summed E-state index contributed by atoms with van der Waals surface area (Å²) >= 11 is 6.36. The van der Waals surface area contributed by atoms with Crippen LogP contribution >= 0.6 is 11.6 Å². The molecular formula is C22H22ClN3. The van der Waals surface area contributed by atoms with Gasteiger partial charge in [-0.3, -0.25) is 9.88 Å². The molecule has 0 aliphatic carbocycles. The number of benzene rings is 1. The van der Waals surface area contributed by atoms with Crippen LogP contribution in [0.5, 0.6) is 0 Å². The fourth-order valence-corrected chi connectivity index (χ4v) is 4.98. The maximum Gasteiger partial charge on any atom is 0.0529 e. The van der Waals surface area contributed by atoms with Crippen LogP contribution < -0.4 is 0 Å². The van der Waals surface area contributed by atoms with Crippen LogP contribution in [0.4, 0.5) is 0 Å². The number of rotatable bonds is 2. The first kappa shape index (κ1) is 16.1. The Kier molecular flexibility index (Phi) is 3.70. The molecule has 2 aliphatic heterocycles. The normalized spacial score (nSPS) is 22.8. The second-order valence-corrected chi connectivity index (χ2v) is 7.99. The van der Waals surface area contributed by atoms with Crippen molar-refractivity contribution in [3.8, 4) is 0 Å². The van der Waals surface area contributed by atoms with Crippen molar-refractivity contribution >= 4 is 34.3 Å². The molecule has 0 N–H and O–H groups in total. The molecule has 4 heterocycles. The molecule has 2 aromatic heterocycles. The van der Waals surface area contributed by atoms with Crippen LogP contribution in [0.3, 0.4) is 0 Å². The molecule has 1 aromatic carbocycles. The highest BCUT2D eigenvalue weighted by atomic mass is 35.5. The van der Waals surface area contributed by atoms with E-state index in [0.29, 0.717) is 12.1 Å². The number of likely N-dealkylation sites (N-methyl/N-ethyl adjacent to an activating group) is 1. The Labute approximate surface area is 158 Å². The number of fused-ring (bicyclic) bond motifs is 6. The number of hydrogen-bond donors (Lipinski definition) is 0. The summed E-state index contributed by atoms with van der Waals surface area (Å²) < 4.78 is 2.41. The number of pyridine rings is 1. The molecule has 0 amide bonds. The van der Waals surface area contributed by atoms with E-state index in [4.69, 9.17) is 11.6 Å². The molecule has 26 heavy (non-hydrogen) atoms. The van der Waals surface area contributed by atoms with E-state index in [2.05, 4.69) is 58.9 Å². The molecular weight excluding hydrogens is 342 g/mol. The zero-order chi connectivity index (χ0) is 17.8. The van der Waals surface area contributed by atoms with Crippen molar-refractivity contribution in [2.45, 2.75) is 38.3 Å². The van der Waals surface area contributed by atoms with Gasteiger partial charge in [-0.1, -0.05) is 11.6 Å². The Morgan fingerprint density at radius 3 is 2.81 bits per heavy atom. The second-order valence-electron chi connectivity index (χ2n) is 7.56. The lowest BCUT2D eigenvalue weighted by molar-refractivity contribution is 0.223. The van der Waals surface area contributed by atoms with E-state index in [9.17, 15) is 0 Å². The Hall–Kier alpha value is -2.10. The highest BCUT2D eigenvalue weighted by Gasteiger charge is 2.40. The molecule has 2 atom stereocenters. The van der Waals surface area contributed by atoms with Crippen molar-refractivity contribution in [1.82, 2.24) is 14.5 Å². The molecule has 2 aliphatic rings. The van der Waals surface area contributed by atoms with Crippen LogP contribution in [0.25, 0.3) is 22.7 Å². The maximum absolute atomic E-state index is 6.36. The lowest BCUT2D eigenvalue weighted by atomic mass is 9.97. The van der Waals surface area contributed by atoms with Crippen LogP contribution in [-0.4, -0.2) is 27.5 Å². The summed E-state index contributed by atoms with van der Waals surface area (Å²) in [5.74, 6) is 0. The first-order chi connectivity index (χ1) is 12.6. The summed E-state index contributed by atoms with van der Waals surface area (Å²) in [5, 5.41) is 2.12. The van der Waals surface area contributed by atoms with Crippen LogP contribution in [-0.2, 0) is 6.42 Å². The predicted molar refractivity (Wildman–Crippen MR) is 108 cm³/mol. The average Bonchev–Trinajstić information content (AvgIpc) is 3.06. The SMILES string of the molecule is C/C(=C\n1c2c(c3cc(Cl)ccc31)C1CCC(C2)N1C)c1ccncc1. The average molecular weight is 364 g/mol. The van der Waals surface area contributed by atoms with Gasteiger partial charge in [0.1, 0.15) is 0 Å². The topological polar surface area (TPSA) is 21.1 Å². The Morgan fingerprint density at radius 2 is 2.00 bits per heavy atom. The lowest BCUT2D eigenvalue weighted by Gasteiger charge is -2.32. The first-order valence-corrected chi connectivity index (χ1v) is 9.64. The molecule has 0 radical (unpaired) electrons. The Balaban J connectivity index is 1.75. The summed E-state index contributed by atoms with van der Waals surface area (Å²) in [4.78, 5) is 6.70. The van der Waals surface area contributed by atoms with Crippen LogP contribution in [0.15, 0.2) is 42.7 Å². The van der Waals surface area contributed by atoms with Crippen molar-refractivity contribution in [1.29, 1.82) is 0 Å². The van der Waals surface area contributed by atoms with Gasteiger partial charge in [0.05, 0.1) is 5.52 Å². The van der Waals surface area contributed by atoms with Gasteiger partial charge in [0.25, 0.3) is 0 Å². The monoisotopic (exact) mass is 363 g/mol. The van der Waals surface area contributed by atoms with Gasteiger partial charge in [0.15, 0.2) is 0 Å². The minimum atomic E-state index is 0.514. The van der Waals surface area contributed by atoms with E-state index in [1.807, 2.05) is 18.5 Å². The number of halogens is 1. The Bertz CT molecular complexity index is 1020. The molecule has 132 valence electrons. The zero-order valence-electron chi connectivity index (χ0n) is 15.1. The third-order valence-electron chi connectivity index (χ3n) is 6.17. The number of aromatic nitrogens is 2. The van der Waals surface area contributed by atoms with Crippen molar-refractivity contribution in [3.05, 3.63) is 64.6 Å². The lowest BCUT2D eigenvalue weighted by Crippen LogP contribution is -2.34. The second kappa shape index (κ2) is 5.97. The first-order valence-electron chi connectivity index (χ1n) is 9.26. The van der Waals surface area contributed by atoms with Crippen molar-refractivity contribution in [3.63, 3.8) is 0 Å². The third-order valence-corrected chi connectivity index (χ3v) is 6.41. The molecule has 5 rings (SSSR count). The number of allylic oxidation sites excluding steroid dienone is 1. The van der Waals surface area contributed by atoms with Crippen molar-refractivity contribution in [2.75, 3.05) is 7.05 Å². The van der Waals surface area contributed by atoms with E-state index in [0.717, 1.165) is 11.4 Å². The van der Waals surface area contributed by atoms with E-state index >= 15 is 0 Å². The van der Waals surface area contributed by atoms with E-state index in [-0.39, 0.29) is 0 Å². The molecule has 1 saturated heterocycles. The van der Waals surface area contributed by atoms with Crippen LogP contribution in [0.2, 0.25) is 5.02 Å². The summed E-state index contributed by atoms with van der Waals surface area (Å²) in [6.45, 7) is 2.17. The summed E-state index contributed by atoms with van der Waals surface area (Å²) in [5.41, 5.74) is 6.65. The largest absolute Gasteiger partial charge is 0.320 e. The van der Waals surface area contributed by atoms with Gasteiger partial charge < -0.3 is 4.57 Å². The number of hydrogen-bond acceptors (Lipinski definition) is 2. The molecule has 0 spiro atoms. The summed E-state index contributed by atoms with van der Waals surface area (Å²) in [6.07, 6.45) is 9.62. The molecule has 1 fully saturated rings. The fraction of sp³-hybridized carbons (Fsp3) is 0.318. The van der Waals surface area contributed by atoms with Crippen molar-refractivity contribution < 1.29 is 0 Å². The minimum Gasteiger partial charge on any atom is -0.320 e. The van der Waals surface area contributed by atoms with Crippen molar-refractivity contribution in [2.24, 2.45) is 0 Å². The van der Waals surface area contributed by atoms with Gasteiger partial charge in [-0.15, -0.1) is 0 Å². The van der Waals surface area contributed by atoms with Gasteiger partial charge in [-0.2, -0.15) is 0 Å². The van der Waals surface area contributed by atoms with Crippen LogP contribution in [0, 0.1) is 0 Å². The predicted octanol–water partition coefficient (Wildman–Crippen LogP) is 5.40. The highest BCUT2D eigenvalue weighted by Crippen LogP contribution is 2.47. The number of nitrogens with zero attached hydrogens (tertiary/aromatic N) is 3. The zero-order valence-corrected chi connectivity index (χ0v) is 15.9. The Morgan fingerprint density at radius 1 is 1.19 bits per heavy atom. The van der Waals surface area contributed by atoms with Gasteiger partial charge in [-0.05, 0) is 73.8 Å². The summed E-state index contributed by atoms with van der Waals surface area (Å²) in [7, 11) is 2.27. The molecule has 2 unspecified atom stereocenters. The highest BCUT2D eigenvalue weighted by molar-refractivity contribution is 6.31. The molecule has 3 nitrogen and oxygen atoms in total. The van der Waals surface area contributed by atoms with E-state index in [1.54, 1.807) is 0 Å².